The van der Waals surface area contributed by atoms with Crippen LogP contribution >= 0.6 is 0 Å². The van der Waals surface area contributed by atoms with Crippen LogP contribution < -0.4 is 9.62 Å². The van der Waals surface area contributed by atoms with Crippen molar-refractivity contribution in [3.8, 4) is 0 Å². The van der Waals surface area contributed by atoms with Gasteiger partial charge in [-0.25, -0.2) is 8.42 Å². The first kappa shape index (κ1) is 22.3. The van der Waals surface area contributed by atoms with Gasteiger partial charge in [-0.2, -0.15) is 0 Å². The molecule has 3 aromatic carbocycles. The number of hydrogen-bond donors (Lipinski definition) is 1. The van der Waals surface area contributed by atoms with Crippen LogP contribution in [0.1, 0.15) is 34.5 Å². The largest absolute Gasteiger partial charge is 0.346 e. The van der Waals surface area contributed by atoms with Crippen LogP contribution in [-0.4, -0.2) is 20.9 Å². The molecule has 160 valence electrons. The first-order valence-electron chi connectivity index (χ1n) is 9.99. The molecule has 0 heterocycles. The smallest absolute Gasteiger partial charge is 0.264 e. The number of hydrogen-bond acceptors (Lipinski definition) is 3. The summed E-state index contributed by atoms with van der Waals surface area (Å²) in [7, 11) is -3.75. The highest BCUT2D eigenvalue weighted by Crippen LogP contribution is 2.24. The second-order valence-electron chi connectivity index (χ2n) is 7.24. The van der Waals surface area contributed by atoms with Gasteiger partial charge in [0.2, 0.25) is 0 Å². The molecule has 5 nitrogen and oxygen atoms in total. The quantitative estimate of drug-likeness (QED) is 0.515. The number of amides is 1. The molecule has 0 fully saturated rings. The molecule has 0 saturated heterocycles. The van der Waals surface area contributed by atoms with Crippen LogP contribution in [0.15, 0.2) is 96.4 Å². The Bertz CT molecular complexity index is 1160. The maximum absolute atomic E-state index is 13.1. The van der Waals surface area contributed by atoms with E-state index in [0.29, 0.717) is 11.3 Å². The summed E-state index contributed by atoms with van der Waals surface area (Å²) in [5.74, 6) is -0.219. The van der Waals surface area contributed by atoms with Gasteiger partial charge in [-0.15, -0.1) is 6.58 Å². The van der Waals surface area contributed by atoms with Crippen molar-refractivity contribution in [2.45, 2.75) is 24.8 Å². The number of sulfonamides is 1. The van der Waals surface area contributed by atoms with Crippen molar-refractivity contribution < 1.29 is 13.2 Å². The van der Waals surface area contributed by atoms with E-state index in [4.69, 9.17) is 0 Å². The predicted molar refractivity (Wildman–Crippen MR) is 125 cm³/mol. The summed E-state index contributed by atoms with van der Waals surface area (Å²) < 4.78 is 27.4. The lowest BCUT2D eigenvalue weighted by molar-refractivity contribution is 0.0940. The number of aryl methyl sites for hydroxylation is 1. The number of carbonyl (C=O) groups is 1. The summed E-state index contributed by atoms with van der Waals surface area (Å²) >= 11 is 0. The zero-order chi connectivity index (χ0) is 22.4. The Morgan fingerprint density at radius 2 is 1.61 bits per heavy atom. The van der Waals surface area contributed by atoms with Crippen molar-refractivity contribution in [3.05, 3.63) is 108 Å². The van der Waals surface area contributed by atoms with Crippen molar-refractivity contribution >= 4 is 21.6 Å². The van der Waals surface area contributed by atoms with Crippen LogP contribution in [0.3, 0.4) is 0 Å². The molecule has 0 bridgehead atoms. The normalized spacial score (nSPS) is 12.1. The van der Waals surface area contributed by atoms with Crippen LogP contribution in [0, 0.1) is 6.92 Å². The zero-order valence-corrected chi connectivity index (χ0v) is 18.5. The van der Waals surface area contributed by atoms with E-state index in [0.717, 1.165) is 11.1 Å². The minimum absolute atomic E-state index is 0.118. The summed E-state index contributed by atoms with van der Waals surface area (Å²) in [5, 5.41) is 3.00. The van der Waals surface area contributed by atoms with Gasteiger partial charge in [-0.1, -0.05) is 48.5 Å². The van der Waals surface area contributed by atoms with Crippen LogP contribution in [-0.2, 0) is 10.0 Å². The fourth-order valence-electron chi connectivity index (χ4n) is 3.39. The fraction of sp³-hybridized carbons (Fsp3) is 0.160. The lowest BCUT2D eigenvalue weighted by atomic mass is 10.0. The van der Waals surface area contributed by atoms with Gasteiger partial charge in [0, 0.05) is 5.56 Å². The molecule has 0 spiro atoms. The standard InChI is InChI=1S/C25H26N2O3S/c1-4-18-27(31(29,30)23-11-6-5-7-12-23)22-16-14-21(15-17-22)25(28)26-20(3)24-13-9-8-10-19(24)2/h4-17,20H,1,18H2,2-3H3,(H,26,28)/t20-/m1/s1. The van der Waals surface area contributed by atoms with Crippen molar-refractivity contribution in [2.75, 3.05) is 10.8 Å². The van der Waals surface area contributed by atoms with Crippen LogP contribution in [0.25, 0.3) is 0 Å². The molecule has 6 heteroatoms. The number of carbonyl (C=O) groups excluding carboxylic acids is 1. The minimum atomic E-state index is -3.75. The van der Waals surface area contributed by atoms with E-state index in [9.17, 15) is 13.2 Å². The van der Waals surface area contributed by atoms with Gasteiger partial charge < -0.3 is 5.32 Å². The van der Waals surface area contributed by atoms with E-state index in [1.165, 1.54) is 10.4 Å². The Balaban J connectivity index is 1.81. The SMILES string of the molecule is C=CCN(c1ccc(C(=O)N[C@H](C)c2ccccc2C)cc1)S(=O)(=O)c1ccccc1. The number of anilines is 1. The van der Waals surface area contributed by atoms with Gasteiger partial charge in [0.1, 0.15) is 0 Å². The van der Waals surface area contributed by atoms with E-state index in [2.05, 4.69) is 11.9 Å². The summed E-state index contributed by atoms with van der Waals surface area (Å²) in [6.45, 7) is 7.74. The molecule has 0 aromatic heterocycles. The minimum Gasteiger partial charge on any atom is -0.346 e. The van der Waals surface area contributed by atoms with Crippen molar-refractivity contribution in [1.82, 2.24) is 5.32 Å². The van der Waals surface area contributed by atoms with Crippen molar-refractivity contribution in [3.63, 3.8) is 0 Å². The Hall–Kier alpha value is -3.38. The topological polar surface area (TPSA) is 66.5 Å². The van der Waals surface area contributed by atoms with Gasteiger partial charge >= 0.3 is 0 Å². The Morgan fingerprint density at radius 1 is 1.00 bits per heavy atom. The Kier molecular flexibility index (Phi) is 6.92. The molecular weight excluding hydrogens is 408 g/mol. The van der Waals surface area contributed by atoms with E-state index in [1.54, 1.807) is 54.6 Å². The second kappa shape index (κ2) is 9.62. The second-order valence-corrected chi connectivity index (χ2v) is 9.10. The van der Waals surface area contributed by atoms with Gasteiger partial charge in [0.15, 0.2) is 0 Å². The highest BCUT2D eigenvalue weighted by Gasteiger charge is 2.24. The van der Waals surface area contributed by atoms with Crippen molar-refractivity contribution in [1.29, 1.82) is 0 Å². The highest BCUT2D eigenvalue weighted by molar-refractivity contribution is 7.92. The number of nitrogens with zero attached hydrogens (tertiary/aromatic N) is 1. The third kappa shape index (κ3) is 5.03. The molecular formula is C25H26N2O3S. The molecule has 1 atom stereocenters. The summed E-state index contributed by atoms with van der Waals surface area (Å²) in [5.41, 5.74) is 3.09. The molecule has 1 amide bonds. The third-order valence-electron chi connectivity index (χ3n) is 5.05. The van der Waals surface area contributed by atoms with Gasteiger partial charge in [-0.05, 0) is 61.4 Å². The average Bonchev–Trinajstić information content (AvgIpc) is 2.78. The zero-order valence-electron chi connectivity index (χ0n) is 17.7. The molecule has 3 aromatic rings. The fourth-order valence-corrected chi connectivity index (χ4v) is 4.85. The first-order valence-corrected chi connectivity index (χ1v) is 11.4. The molecule has 0 radical (unpaired) electrons. The lowest BCUT2D eigenvalue weighted by Crippen LogP contribution is -2.31. The molecule has 0 saturated carbocycles. The van der Waals surface area contributed by atoms with Crippen LogP contribution in [0.2, 0.25) is 0 Å². The summed E-state index contributed by atoms with van der Waals surface area (Å²) in [6.07, 6.45) is 1.53. The van der Waals surface area contributed by atoms with E-state index in [1.807, 2.05) is 38.1 Å². The first-order chi connectivity index (χ1) is 14.8. The average molecular weight is 435 g/mol. The molecule has 0 aliphatic heterocycles. The predicted octanol–water partition coefficient (Wildman–Crippen LogP) is 4.87. The molecule has 1 N–H and O–H groups in total. The maximum Gasteiger partial charge on any atom is 0.264 e. The van der Waals surface area contributed by atoms with Crippen LogP contribution in [0.5, 0.6) is 0 Å². The number of nitrogens with one attached hydrogen (secondary N) is 1. The molecule has 31 heavy (non-hydrogen) atoms. The highest BCUT2D eigenvalue weighted by atomic mass is 32.2. The molecule has 0 aliphatic carbocycles. The molecule has 3 rings (SSSR count). The van der Waals surface area contributed by atoms with E-state index >= 15 is 0 Å². The Morgan fingerprint density at radius 3 is 2.23 bits per heavy atom. The maximum atomic E-state index is 13.1. The lowest BCUT2D eigenvalue weighted by Gasteiger charge is -2.23. The molecule has 0 aliphatic rings. The van der Waals surface area contributed by atoms with Gasteiger partial charge in [-0.3, -0.25) is 9.10 Å². The molecule has 0 unspecified atom stereocenters. The van der Waals surface area contributed by atoms with Gasteiger partial charge in [0.05, 0.1) is 23.2 Å². The van der Waals surface area contributed by atoms with Gasteiger partial charge in [0.25, 0.3) is 15.9 Å². The van der Waals surface area contributed by atoms with Crippen molar-refractivity contribution in [2.24, 2.45) is 0 Å². The van der Waals surface area contributed by atoms with E-state index in [-0.39, 0.29) is 23.4 Å². The monoisotopic (exact) mass is 434 g/mol. The third-order valence-corrected chi connectivity index (χ3v) is 6.85. The number of benzene rings is 3. The Labute approximate surface area is 184 Å². The number of rotatable bonds is 8. The summed E-state index contributed by atoms with van der Waals surface area (Å²) in [6, 6.07) is 22.5. The van der Waals surface area contributed by atoms with Crippen LogP contribution in [0.4, 0.5) is 5.69 Å². The summed E-state index contributed by atoms with van der Waals surface area (Å²) in [4.78, 5) is 12.9. The van der Waals surface area contributed by atoms with E-state index < -0.39 is 10.0 Å².